The van der Waals surface area contributed by atoms with E-state index in [-0.39, 0.29) is 12.1 Å². The molecule has 2 rings (SSSR count). The van der Waals surface area contributed by atoms with Crippen LogP contribution in [0.4, 0.5) is 0 Å². The quantitative estimate of drug-likeness (QED) is 0.638. The minimum absolute atomic E-state index is 0.255. The highest BCUT2D eigenvalue weighted by atomic mass is 16.5. The van der Waals surface area contributed by atoms with Crippen molar-refractivity contribution < 1.29 is 14.3 Å². The highest BCUT2D eigenvalue weighted by Gasteiger charge is 2.24. The topological polar surface area (TPSA) is 79.8 Å². The summed E-state index contributed by atoms with van der Waals surface area (Å²) in [5.74, 6) is -1.04. The monoisotopic (exact) mass is 225 g/mol. The number of ether oxygens (including phenoxy) is 1. The number of carbonyl (C=O) groups is 2. The van der Waals surface area contributed by atoms with E-state index in [1.165, 1.54) is 6.42 Å². The first-order valence-electron chi connectivity index (χ1n) is 5.54. The van der Waals surface area contributed by atoms with Gasteiger partial charge in [0.05, 0.1) is 6.10 Å². The second-order valence-electron chi connectivity index (χ2n) is 3.92. The molecule has 0 aromatic rings. The second-order valence-corrected chi connectivity index (χ2v) is 3.92. The van der Waals surface area contributed by atoms with Crippen LogP contribution in [0.25, 0.3) is 0 Å². The van der Waals surface area contributed by atoms with E-state index in [0.717, 1.165) is 25.9 Å². The van der Waals surface area contributed by atoms with Crippen LogP contribution in [0, 0.1) is 0 Å². The Kier molecular flexibility index (Phi) is 3.51. The normalized spacial score (nSPS) is 25.2. The molecule has 0 bridgehead atoms. The Balaban J connectivity index is 1.72. The van der Waals surface area contributed by atoms with Crippen molar-refractivity contribution in [1.29, 1.82) is 0 Å². The molecule has 2 saturated heterocycles. The molecule has 2 aliphatic heterocycles. The molecule has 2 heterocycles. The van der Waals surface area contributed by atoms with Gasteiger partial charge in [0, 0.05) is 13.2 Å². The van der Waals surface area contributed by atoms with Crippen LogP contribution in [0.3, 0.4) is 0 Å². The van der Waals surface area contributed by atoms with Crippen molar-refractivity contribution in [3.05, 3.63) is 0 Å². The van der Waals surface area contributed by atoms with Gasteiger partial charge in [-0.2, -0.15) is 0 Å². The number of aliphatic imine (C=N–C) groups is 1. The summed E-state index contributed by atoms with van der Waals surface area (Å²) in [5.41, 5.74) is 0. The lowest BCUT2D eigenvalue weighted by molar-refractivity contribution is -0.135. The molecule has 2 aliphatic rings. The molecule has 2 N–H and O–H groups in total. The average Bonchev–Trinajstić information content (AvgIpc) is 2.60. The van der Waals surface area contributed by atoms with Gasteiger partial charge in [-0.15, -0.1) is 0 Å². The van der Waals surface area contributed by atoms with Gasteiger partial charge < -0.3 is 4.74 Å². The molecule has 0 aliphatic carbocycles. The third-order valence-corrected chi connectivity index (χ3v) is 2.67. The molecule has 2 amide bonds. The number of nitrogens with one attached hydrogen (secondary N) is 2. The fourth-order valence-electron chi connectivity index (χ4n) is 1.79. The van der Waals surface area contributed by atoms with Gasteiger partial charge in [-0.25, -0.2) is 0 Å². The number of carbonyl (C=O) groups excluding carboxylic acids is 2. The van der Waals surface area contributed by atoms with E-state index in [4.69, 9.17) is 4.74 Å². The maximum absolute atomic E-state index is 10.8. The van der Waals surface area contributed by atoms with E-state index in [1.807, 2.05) is 0 Å². The number of amides is 2. The van der Waals surface area contributed by atoms with Crippen LogP contribution in [0.2, 0.25) is 0 Å². The predicted molar refractivity (Wildman–Crippen MR) is 56.8 cm³/mol. The van der Waals surface area contributed by atoms with E-state index < -0.39 is 11.8 Å². The largest absolute Gasteiger partial charge is 0.378 e. The van der Waals surface area contributed by atoms with Gasteiger partial charge in [0.25, 0.3) is 0 Å². The van der Waals surface area contributed by atoms with Crippen LogP contribution in [-0.2, 0) is 14.3 Å². The number of hydrogen-bond donors (Lipinski definition) is 2. The van der Waals surface area contributed by atoms with Crippen molar-refractivity contribution in [2.24, 2.45) is 4.99 Å². The molecule has 0 saturated carbocycles. The van der Waals surface area contributed by atoms with Crippen molar-refractivity contribution in [1.82, 2.24) is 10.6 Å². The van der Waals surface area contributed by atoms with E-state index in [2.05, 4.69) is 15.6 Å². The lowest BCUT2D eigenvalue weighted by Crippen LogP contribution is -2.26. The first-order chi connectivity index (χ1) is 7.75. The minimum atomic E-state index is -0.646. The van der Waals surface area contributed by atoms with Gasteiger partial charge in [0.1, 0.15) is 0 Å². The van der Waals surface area contributed by atoms with Crippen LogP contribution >= 0.6 is 0 Å². The van der Waals surface area contributed by atoms with Crippen molar-refractivity contribution in [2.75, 3.05) is 13.2 Å². The second kappa shape index (κ2) is 5.07. The molecule has 1 unspecified atom stereocenters. The molecule has 16 heavy (non-hydrogen) atoms. The fourth-order valence-corrected chi connectivity index (χ4v) is 1.79. The highest BCUT2D eigenvalue weighted by Crippen LogP contribution is 2.15. The molecule has 0 radical (unpaired) electrons. The van der Waals surface area contributed by atoms with Gasteiger partial charge in [0.15, 0.2) is 0 Å². The number of rotatable bonds is 3. The molecule has 88 valence electrons. The van der Waals surface area contributed by atoms with Crippen LogP contribution < -0.4 is 10.6 Å². The van der Waals surface area contributed by atoms with Crippen molar-refractivity contribution in [2.45, 2.75) is 31.8 Å². The summed E-state index contributed by atoms with van der Waals surface area (Å²) >= 11 is 0. The summed E-state index contributed by atoms with van der Waals surface area (Å²) in [6, 6.07) is 0. The van der Waals surface area contributed by atoms with Gasteiger partial charge in [0.2, 0.25) is 5.96 Å². The third-order valence-electron chi connectivity index (χ3n) is 2.67. The molecule has 6 nitrogen and oxygen atoms in total. The van der Waals surface area contributed by atoms with E-state index in [9.17, 15) is 9.59 Å². The lowest BCUT2D eigenvalue weighted by Gasteiger charge is -2.21. The number of guanidine groups is 1. The lowest BCUT2D eigenvalue weighted by atomic mass is 10.1. The Morgan fingerprint density at radius 2 is 2.00 bits per heavy atom. The van der Waals surface area contributed by atoms with Gasteiger partial charge in [-0.05, 0) is 25.7 Å². The van der Waals surface area contributed by atoms with Crippen LogP contribution in [0.15, 0.2) is 4.99 Å². The van der Waals surface area contributed by atoms with Gasteiger partial charge in [-0.3, -0.25) is 25.2 Å². The third kappa shape index (κ3) is 2.79. The molecular weight excluding hydrogens is 210 g/mol. The SMILES string of the molecule is O=C1NC(=NCCC2CCCCO2)NC1=O. The molecular formula is C10H15N3O3. The molecule has 0 aromatic heterocycles. The summed E-state index contributed by atoms with van der Waals surface area (Å²) in [5, 5.41) is 4.70. The van der Waals surface area contributed by atoms with E-state index in [1.54, 1.807) is 0 Å². The molecule has 2 fully saturated rings. The average molecular weight is 225 g/mol. The zero-order chi connectivity index (χ0) is 11.4. The van der Waals surface area contributed by atoms with E-state index in [0.29, 0.717) is 6.54 Å². The van der Waals surface area contributed by atoms with Gasteiger partial charge in [-0.1, -0.05) is 0 Å². The molecule has 0 spiro atoms. The standard InChI is InChI=1S/C10H15N3O3/c14-8-9(15)13-10(12-8)11-5-4-7-3-1-2-6-16-7/h7H,1-6H2,(H2,11,12,13,14,15). The summed E-state index contributed by atoms with van der Waals surface area (Å²) in [7, 11) is 0. The zero-order valence-electron chi connectivity index (χ0n) is 8.99. The van der Waals surface area contributed by atoms with Crippen molar-refractivity contribution >= 4 is 17.8 Å². The Bertz CT molecular complexity index is 303. The Labute approximate surface area is 93.4 Å². The summed E-state index contributed by atoms with van der Waals surface area (Å²) in [6.45, 7) is 1.38. The number of hydrogen-bond acceptors (Lipinski definition) is 4. The van der Waals surface area contributed by atoms with E-state index >= 15 is 0 Å². The van der Waals surface area contributed by atoms with Crippen molar-refractivity contribution in [3.63, 3.8) is 0 Å². The maximum Gasteiger partial charge on any atom is 0.316 e. The summed E-state index contributed by atoms with van der Waals surface area (Å²) in [6.07, 6.45) is 4.51. The van der Waals surface area contributed by atoms with Crippen LogP contribution in [-0.4, -0.2) is 37.0 Å². The highest BCUT2D eigenvalue weighted by molar-refractivity contribution is 6.45. The first-order valence-corrected chi connectivity index (χ1v) is 5.54. The van der Waals surface area contributed by atoms with Crippen LogP contribution in [0.1, 0.15) is 25.7 Å². The summed E-state index contributed by atoms with van der Waals surface area (Å²) in [4.78, 5) is 25.7. The minimum Gasteiger partial charge on any atom is -0.378 e. The summed E-state index contributed by atoms with van der Waals surface area (Å²) < 4.78 is 5.54. The van der Waals surface area contributed by atoms with Crippen LogP contribution in [0.5, 0.6) is 0 Å². The number of nitrogens with zero attached hydrogens (tertiary/aromatic N) is 1. The van der Waals surface area contributed by atoms with Gasteiger partial charge >= 0.3 is 11.8 Å². The Morgan fingerprint density at radius 1 is 1.25 bits per heavy atom. The fraction of sp³-hybridized carbons (Fsp3) is 0.700. The maximum atomic E-state index is 10.8. The van der Waals surface area contributed by atoms with Crippen molar-refractivity contribution in [3.8, 4) is 0 Å². The smallest absolute Gasteiger partial charge is 0.316 e. The Morgan fingerprint density at radius 3 is 2.62 bits per heavy atom. The Hall–Kier alpha value is -1.43. The first kappa shape index (κ1) is 11.1. The predicted octanol–water partition coefficient (Wildman–Crippen LogP) is -0.452. The molecule has 6 heteroatoms. The molecule has 0 aromatic carbocycles. The zero-order valence-corrected chi connectivity index (χ0v) is 8.99. The molecule has 1 atom stereocenters.